The molecule has 1 saturated heterocycles. The van der Waals surface area contributed by atoms with E-state index in [4.69, 9.17) is 4.74 Å². The largest absolute Gasteiger partial charge is 0.496 e. The van der Waals surface area contributed by atoms with Crippen molar-refractivity contribution < 1.29 is 17.9 Å². The van der Waals surface area contributed by atoms with Crippen LogP contribution in [0.15, 0.2) is 23.1 Å². The Balaban J connectivity index is 2.13. The van der Waals surface area contributed by atoms with Gasteiger partial charge < -0.3 is 9.64 Å². The molecular formula is C16H24N2O4S. The molecule has 2 rings (SSSR count). The zero-order valence-corrected chi connectivity index (χ0v) is 14.9. The summed E-state index contributed by atoms with van der Waals surface area (Å²) < 4.78 is 32.1. The van der Waals surface area contributed by atoms with E-state index >= 15 is 0 Å². The highest BCUT2D eigenvalue weighted by atomic mass is 32.2. The maximum atomic E-state index is 12.7. The van der Waals surface area contributed by atoms with Crippen LogP contribution in [0.5, 0.6) is 5.75 Å². The van der Waals surface area contributed by atoms with Gasteiger partial charge in [0, 0.05) is 33.1 Å². The van der Waals surface area contributed by atoms with Crippen LogP contribution in [0.1, 0.15) is 18.4 Å². The van der Waals surface area contributed by atoms with E-state index in [9.17, 15) is 13.2 Å². The zero-order valence-electron chi connectivity index (χ0n) is 14.1. The fourth-order valence-corrected chi connectivity index (χ4v) is 4.42. The molecule has 1 aromatic carbocycles. The first-order chi connectivity index (χ1) is 10.8. The maximum absolute atomic E-state index is 12.7. The summed E-state index contributed by atoms with van der Waals surface area (Å²) in [6, 6.07) is 4.87. The Hall–Kier alpha value is -1.60. The molecule has 0 saturated carbocycles. The van der Waals surface area contributed by atoms with Crippen LogP contribution in [0.3, 0.4) is 0 Å². The number of rotatable bonds is 4. The Labute approximate surface area is 138 Å². The number of piperidine rings is 1. The molecule has 1 aromatic rings. The van der Waals surface area contributed by atoms with Gasteiger partial charge in [0.15, 0.2) is 0 Å². The summed E-state index contributed by atoms with van der Waals surface area (Å²) in [5.74, 6) is 0.649. The molecule has 0 spiro atoms. The number of benzene rings is 1. The minimum atomic E-state index is -3.53. The molecule has 7 heteroatoms. The van der Waals surface area contributed by atoms with Crippen molar-refractivity contribution in [2.24, 2.45) is 5.92 Å². The summed E-state index contributed by atoms with van der Waals surface area (Å²) in [5, 5.41) is 0. The van der Waals surface area contributed by atoms with Crippen molar-refractivity contribution in [3.63, 3.8) is 0 Å². The Kier molecular flexibility index (Phi) is 5.31. The summed E-state index contributed by atoms with van der Waals surface area (Å²) in [6.07, 6.45) is 1.12. The third-order valence-corrected chi connectivity index (χ3v) is 6.14. The second-order valence-corrected chi connectivity index (χ2v) is 7.98. The molecule has 23 heavy (non-hydrogen) atoms. The van der Waals surface area contributed by atoms with Crippen LogP contribution < -0.4 is 4.74 Å². The van der Waals surface area contributed by atoms with Crippen LogP contribution >= 0.6 is 0 Å². The monoisotopic (exact) mass is 340 g/mol. The third kappa shape index (κ3) is 3.67. The number of methoxy groups -OCH3 is 1. The van der Waals surface area contributed by atoms with Crippen molar-refractivity contribution in [1.82, 2.24) is 9.21 Å². The number of hydrogen-bond acceptors (Lipinski definition) is 4. The lowest BCUT2D eigenvalue weighted by Crippen LogP contribution is -2.42. The molecule has 0 atom stereocenters. The van der Waals surface area contributed by atoms with Crippen LogP contribution in [0.2, 0.25) is 0 Å². The number of sulfonamides is 1. The lowest BCUT2D eigenvalue weighted by atomic mass is 9.97. The fourth-order valence-electron chi connectivity index (χ4n) is 2.87. The van der Waals surface area contributed by atoms with Crippen molar-refractivity contribution in [2.75, 3.05) is 34.3 Å². The van der Waals surface area contributed by atoms with Gasteiger partial charge in [0.25, 0.3) is 0 Å². The SMILES string of the molecule is COc1ccc(S(=O)(=O)N2CCC(C(=O)N(C)C)CC2)cc1C. The summed E-state index contributed by atoms with van der Waals surface area (Å²) in [6.45, 7) is 2.56. The molecule has 1 aliphatic heterocycles. The number of hydrogen-bond donors (Lipinski definition) is 0. The van der Waals surface area contributed by atoms with Gasteiger partial charge in [-0.1, -0.05) is 0 Å². The smallest absolute Gasteiger partial charge is 0.243 e. The van der Waals surface area contributed by atoms with E-state index in [0.29, 0.717) is 31.7 Å². The molecular weight excluding hydrogens is 316 g/mol. The molecule has 0 aromatic heterocycles. The molecule has 0 N–H and O–H groups in total. The lowest BCUT2D eigenvalue weighted by Gasteiger charge is -2.31. The van der Waals surface area contributed by atoms with Crippen molar-refractivity contribution in [3.05, 3.63) is 23.8 Å². The van der Waals surface area contributed by atoms with E-state index in [-0.39, 0.29) is 16.7 Å². The van der Waals surface area contributed by atoms with Crippen molar-refractivity contribution in [1.29, 1.82) is 0 Å². The Morgan fingerprint density at radius 2 is 1.87 bits per heavy atom. The quantitative estimate of drug-likeness (QED) is 0.833. The minimum absolute atomic E-state index is 0.0716. The van der Waals surface area contributed by atoms with Gasteiger partial charge in [-0.3, -0.25) is 4.79 Å². The molecule has 0 radical (unpaired) electrons. The normalized spacial score (nSPS) is 17.0. The van der Waals surface area contributed by atoms with Crippen LogP contribution in [-0.4, -0.2) is 57.8 Å². The van der Waals surface area contributed by atoms with Gasteiger partial charge >= 0.3 is 0 Å². The van der Waals surface area contributed by atoms with E-state index in [0.717, 1.165) is 5.56 Å². The summed E-state index contributed by atoms with van der Waals surface area (Å²) in [4.78, 5) is 13.8. The average Bonchev–Trinajstić information content (AvgIpc) is 2.54. The third-order valence-electron chi connectivity index (χ3n) is 4.25. The molecule has 0 bridgehead atoms. The molecule has 1 fully saturated rings. The highest BCUT2D eigenvalue weighted by Crippen LogP contribution is 2.27. The van der Waals surface area contributed by atoms with E-state index in [2.05, 4.69) is 0 Å². The van der Waals surface area contributed by atoms with Gasteiger partial charge in [-0.15, -0.1) is 0 Å². The summed E-state index contributed by atoms with van der Waals surface area (Å²) in [5.41, 5.74) is 0.784. The topological polar surface area (TPSA) is 66.9 Å². The molecule has 0 aliphatic carbocycles. The number of amides is 1. The highest BCUT2D eigenvalue weighted by Gasteiger charge is 2.32. The van der Waals surface area contributed by atoms with Crippen LogP contribution in [0.25, 0.3) is 0 Å². The average molecular weight is 340 g/mol. The highest BCUT2D eigenvalue weighted by molar-refractivity contribution is 7.89. The molecule has 1 amide bonds. The number of ether oxygens (including phenoxy) is 1. The van der Waals surface area contributed by atoms with Crippen LogP contribution in [0.4, 0.5) is 0 Å². The van der Waals surface area contributed by atoms with Crippen LogP contribution in [0, 0.1) is 12.8 Å². The molecule has 128 valence electrons. The Morgan fingerprint density at radius 1 is 1.26 bits per heavy atom. The van der Waals surface area contributed by atoms with Gasteiger partial charge in [0.05, 0.1) is 12.0 Å². The van der Waals surface area contributed by atoms with E-state index in [1.165, 1.54) is 4.31 Å². The lowest BCUT2D eigenvalue weighted by molar-refractivity contribution is -0.134. The number of carbonyl (C=O) groups is 1. The molecule has 6 nitrogen and oxygen atoms in total. The van der Waals surface area contributed by atoms with Crippen molar-refractivity contribution in [3.8, 4) is 5.75 Å². The predicted molar refractivity (Wildman–Crippen MR) is 87.9 cm³/mol. The van der Waals surface area contributed by atoms with Gasteiger partial charge in [0.1, 0.15) is 5.75 Å². The maximum Gasteiger partial charge on any atom is 0.243 e. The molecule has 1 heterocycles. The first-order valence-corrected chi connectivity index (χ1v) is 9.07. The van der Waals surface area contributed by atoms with Gasteiger partial charge in [-0.2, -0.15) is 4.31 Å². The number of nitrogens with zero attached hydrogens (tertiary/aromatic N) is 2. The van der Waals surface area contributed by atoms with Crippen molar-refractivity contribution in [2.45, 2.75) is 24.7 Å². The first kappa shape index (κ1) is 17.7. The summed E-state index contributed by atoms with van der Waals surface area (Å²) >= 11 is 0. The Morgan fingerprint density at radius 3 is 2.35 bits per heavy atom. The first-order valence-electron chi connectivity index (χ1n) is 7.63. The van der Waals surface area contributed by atoms with E-state index < -0.39 is 10.0 Å². The van der Waals surface area contributed by atoms with E-state index in [1.54, 1.807) is 44.3 Å². The van der Waals surface area contributed by atoms with Gasteiger partial charge in [-0.25, -0.2) is 8.42 Å². The van der Waals surface area contributed by atoms with E-state index in [1.807, 2.05) is 6.92 Å². The number of aryl methyl sites for hydroxylation is 1. The second-order valence-electron chi connectivity index (χ2n) is 6.04. The number of carbonyl (C=O) groups excluding carboxylic acids is 1. The second kappa shape index (κ2) is 6.88. The van der Waals surface area contributed by atoms with Gasteiger partial charge in [-0.05, 0) is 43.5 Å². The molecule has 1 aliphatic rings. The van der Waals surface area contributed by atoms with Crippen LogP contribution in [-0.2, 0) is 14.8 Å². The van der Waals surface area contributed by atoms with Crippen molar-refractivity contribution >= 4 is 15.9 Å². The minimum Gasteiger partial charge on any atom is -0.496 e. The summed E-state index contributed by atoms with van der Waals surface area (Å²) in [7, 11) is 1.49. The zero-order chi connectivity index (χ0) is 17.2. The molecule has 0 unspecified atom stereocenters. The predicted octanol–water partition coefficient (Wildman–Crippen LogP) is 1.49. The Bertz CT molecular complexity index is 677. The van der Waals surface area contributed by atoms with Gasteiger partial charge in [0.2, 0.25) is 15.9 Å². The fraction of sp³-hybridized carbons (Fsp3) is 0.562. The standard InChI is InChI=1S/C16H24N2O4S/c1-12-11-14(5-6-15(12)22-4)23(20,21)18-9-7-13(8-10-18)16(19)17(2)3/h5-6,11,13H,7-10H2,1-4H3.